The molecule has 0 saturated carbocycles. The minimum absolute atomic E-state index is 0.0814. The predicted molar refractivity (Wildman–Crippen MR) is 90.2 cm³/mol. The number of hydrogen-bond donors (Lipinski definition) is 1. The molecule has 0 atom stereocenters. The van der Waals surface area contributed by atoms with Crippen LogP contribution in [0, 0.1) is 24.0 Å². The van der Waals surface area contributed by atoms with Crippen molar-refractivity contribution >= 4 is 17.8 Å². The van der Waals surface area contributed by atoms with E-state index in [9.17, 15) is 14.9 Å². The van der Waals surface area contributed by atoms with Gasteiger partial charge in [-0.25, -0.2) is 5.43 Å². The quantitative estimate of drug-likeness (QED) is 0.501. The molecule has 1 N–H and O–H groups in total. The zero-order valence-corrected chi connectivity index (χ0v) is 13.4. The van der Waals surface area contributed by atoms with Crippen LogP contribution in [0.25, 0.3) is 0 Å². The fourth-order valence-electron chi connectivity index (χ4n) is 1.98. The van der Waals surface area contributed by atoms with Gasteiger partial charge in [0.05, 0.1) is 16.7 Å². The Labute approximate surface area is 139 Å². The van der Waals surface area contributed by atoms with E-state index < -0.39 is 10.8 Å². The third kappa shape index (κ3) is 4.64. The standard InChI is InChI=1S/C17H17N3O4/c1-12-7-8-13(2)16(9-12)24-11-17(21)19-18-10-14-5-3-4-6-15(14)20(22)23/h3-10H,11H2,1-2H3,(H,19,21). The molecule has 0 saturated heterocycles. The van der Waals surface area contributed by atoms with Crippen molar-refractivity contribution in [2.75, 3.05) is 6.61 Å². The number of ether oxygens (including phenoxy) is 1. The number of aryl methyl sites for hydroxylation is 2. The Balaban J connectivity index is 1.92. The first-order valence-corrected chi connectivity index (χ1v) is 7.23. The first kappa shape index (κ1) is 17.1. The van der Waals surface area contributed by atoms with Gasteiger partial charge in [0.15, 0.2) is 6.61 Å². The Kier molecular flexibility index (Phi) is 5.62. The minimum atomic E-state index is -0.507. The Morgan fingerprint density at radius 1 is 1.29 bits per heavy atom. The summed E-state index contributed by atoms with van der Waals surface area (Å²) >= 11 is 0. The molecule has 1 amide bonds. The largest absolute Gasteiger partial charge is 0.483 e. The average molecular weight is 327 g/mol. The van der Waals surface area contributed by atoms with Crippen molar-refractivity contribution in [3.8, 4) is 5.75 Å². The highest BCUT2D eigenvalue weighted by Crippen LogP contribution is 2.18. The fraction of sp³-hybridized carbons (Fsp3) is 0.176. The summed E-state index contributed by atoms with van der Waals surface area (Å²) in [4.78, 5) is 22.1. The fourth-order valence-corrected chi connectivity index (χ4v) is 1.98. The van der Waals surface area contributed by atoms with Crippen LogP contribution in [0.15, 0.2) is 47.6 Å². The molecule has 0 radical (unpaired) electrons. The van der Waals surface area contributed by atoms with Crippen molar-refractivity contribution in [3.63, 3.8) is 0 Å². The van der Waals surface area contributed by atoms with Gasteiger partial charge in [-0.15, -0.1) is 0 Å². The number of hydrogen-bond acceptors (Lipinski definition) is 5. The number of carbonyl (C=O) groups excluding carboxylic acids is 1. The number of benzene rings is 2. The van der Waals surface area contributed by atoms with Crippen LogP contribution in [-0.4, -0.2) is 23.7 Å². The summed E-state index contributed by atoms with van der Waals surface area (Å²) in [6, 6.07) is 11.8. The van der Waals surface area contributed by atoms with Gasteiger partial charge in [-0.1, -0.05) is 24.3 Å². The summed E-state index contributed by atoms with van der Waals surface area (Å²) in [5.74, 6) is 0.179. The summed E-state index contributed by atoms with van der Waals surface area (Å²) in [6.45, 7) is 3.63. The topological polar surface area (TPSA) is 93.8 Å². The lowest BCUT2D eigenvalue weighted by Crippen LogP contribution is -2.24. The summed E-state index contributed by atoms with van der Waals surface area (Å²) in [6.07, 6.45) is 1.23. The molecular weight excluding hydrogens is 310 g/mol. The van der Waals surface area contributed by atoms with Crippen molar-refractivity contribution in [2.24, 2.45) is 5.10 Å². The molecule has 124 valence electrons. The molecule has 2 aromatic carbocycles. The van der Waals surface area contributed by atoms with E-state index in [2.05, 4.69) is 10.5 Å². The molecule has 0 unspecified atom stereocenters. The van der Waals surface area contributed by atoms with Gasteiger partial charge in [0, 0.05) is 6.07 Å². The summed E-state index contributed by atoms with van der Waals surface area (Å²) in [5.41, 5.74) is 4.47. The first-order valence-electron chi connectivity index (χ1n) is 7.23. The summed E-state index contributed by atoms with van der Waals surface area (Å²) < 4.78 is 5.45. The summed E-state index contributed by atoms with van der Waals surface area (Å²) in [7, 11) is 0. The number of carbonyl (C=O) groups is 1. The van der Waals surface area contributed by atoms with Crippen molar-refractivity contribution in [2.45, 2.75) is 13.8 Å². The van der Waals surface area contributed by atoms with Gasteiger partial charge in [0.25, 0.3) is 11.6 Å². The van der Waals surface area contributed by atoms with Gasteiger partial charge >= 0.3 is 0 Å². The maximum absolute atomic E-state index is 11.7. The first-order chi connectivity index (χ1) is 11.5. The smallest absolute Gasteiger partial charge is 0.278 e. The normalized spacial score (nSPS) is 10.6. The van der Waals surface area contributed by atoms with Crippen molar-refractivity contribution in [1.82, 2.24) is 5.43 Å². The second kappa shape index (κ2) is 7.87. The maximum Gasteiger partial charge on any atom is 0.278 e. The van der Waals surface area contributed by atoms with E-state index >= 15 is 0 Å². The molecule has 0 aromatic heterocycles. The maximum atomic E-state index is 11.7. The molecule has 24 heavy (non-hydrogen) atoms. The van der Waals surface area contributed by atoms with Crippen LogP contribution >= 0.6 is 0 Å². The molecule has 7 heteroatoms. The molecule has 0 heterocycles. The van der Waals surface area contributed by atoms with E-state index in [4.69, 9.17) is 4.74 Å². The number of nitrogens with one attached hydrogen (secondary N) is 1. The molecule has 2 rings (SSSR count). The zero-order chi connectivity index (χ0) is 17.5. The Bertz CT molecular complexity index is 787. The lowest BCUT2D eigenvalue weighted by molar-refractivity contribution is -0.385. The van der Waals surface area contributed by atoms with Crippen LogP contribution in [-0.2, 0) is 4.79 Å². The number of nitrogens with zero attached hydrogens (tertiary/aromatic N) is 2. The van der Waals surface area contributed by atoms with Crippen LogP contribution in [0.1, 0.15) is 16.7 Å². The van der Waals surface area contributed by atoms with E-state index in [-0.39, 0.29) is 12.3 Å². The van der Waals surface area contributed by atoms with Gasteiger partial charge in [0.1, 0.15) is 5.75 Å². The van der Waals surface area contributed by atoms with Crippen LogP contribution < -0.4 is 10.2 Å². The molecule has 0 aliphatic rings. The van der Waals surface area contributed by atoms with Gasteiger partial charge in [-0.3, -0.25) is 14.9 Å². The molecule has 0 aliphatic heterocycles. The number of hydrazone groups is 1. The molecule has 7 nitrogen and oxygen atoms in total. The highest BCUT2D eigenvalue weighted by Gasteiger charge is 2.10. The number of rotatable bonds is 6. The van der Waals surface area contributed by atoms with Crippen LogP contribution in [0.3, 0.4) is 0 Å². The van der Waals surface area contributed by atoms with E-state index in [1.807, 2.05) is 32.0 Å². The second-order valence-corrected chi connectivity index (χ2v) is 5.17. The summed E-state index contributed by atoms with van der Waals surface area (Å²) in [5, 5.41) is 14.6. The number of para-hydroxylation sites is 1. The Morgan fingerprint density at radius 3 is 2.79 bits per heavy atom. The molecular formula is C17H17N3O4. The molecule has 0 fully saturated rings. The number of nitro groups is 1. The van der Waals surface area contributed by atoms with Crippen LogP contribution in [0.4, 0.5) is 5.69 Å². The van der Waals surface area contributed by atoms with E-state index in [0.717, 1.165) is 11.1 Å². The lowest BCUT2D eigenvalue weighted by atomic mass is 10.1. The zero-order valence-electron chi connectivity index (χ0n) is 13.4. The van der Waals surface area contributed by atoms with Crippen LogP contribution in [0.5, 0.6) is 5.75 Å². The molecule has 0 aliphatic carbocycles. The Morgan fingerprint density at radius 2 is 2.04 bits per heavy atom. The van der Waals surface area contributed by atoms with Gasteiger partial charge in [0.2, 0.25) is 0 Å². The van der Waals surface area contributed by atoms with Gasteiger partial charge in [-0.2, -0.15) is 5.10 Å². The number of nitro benzene ring substituents is 1. The Hall–Kier alpha value is -3.22. The predicted octanol–water partition coefficient (Wildman–Crippen LogP) is 2.74. The highest BCUT2D eigenvalue weighted by molar-refractivity contribution is 5.86. The highest BCUT2D eigenvalue weighted by atomic mass is 16.6. The van der Waals surface area contributed by atoms with E-state index in [1.165, 1.54) is 12.3 Å². The van der Waals surface area contributed by atoms with Crippen molar-refractivity contribution in [3.05, 3.63) is 69.3 Å². The van der Waals surface area contributed by atoms with Gasteiger partial charge < -0.3 is 4.74 Å². The molecule has 0 bridgehead atoms. The monoisotopic (exact) mass is 327 g/mol. The minimum Gasteiger partial charge on any atom is -0.483 e. The second-order valence-electron chi connectivity index (χ2n) is 5.17. The van der Waals surface area contributed by atoms with Crippen molar-refractivity contribution in [1.29, 1.82) is 0 Å². The third-order valence-corrected chi connectivity index (χ3v) is 3.23. The SMILES string of the molecule is Cc1ccc(C)c(OCC(=O)NN=Cc2ccccc2[N+](=O)[O-])c1. The number of amides is 1. The molecule has 0 spiro atoms. The van der Waals surface area contributed by atoms with E-state index in [1.54, 1.807) is 18.2 Å². The van der Waals surface area contributed by atoms with E-state index in [0.29, 0.717) is 11.3 Å². The third-order valence-electron chi connectivity index (χ3n) is 3.23. The van der Waals surface area contributed by atoms with Gasteiger partial charge in [-0.05, 0) is 37.1 Å². The lowest BCUT2D eigenvalue weighted by Gasteiger charge is -2.08. The van der Waals surface area contributed by atoms with Crippen LogP contribution in [0.2, 0.25) is 0 Å². The van der Waals surface area contributed by atoms with Crippen molar-refractivity contribution < 1.29 is 14.5 Å². The molecule has 2 aromatic rings. The average Bonchev–Trinajstić information content (AvgIpc) is 2.56.